The molecule has 26 heavy (non-hydrogen) atoms. The molecule has 3 heteroatoms. The summed E-state index contributed by atoms with van der Waals surface area (Å²) >= 11 is 0. The van der Waals surface area contributed by atoms with E-state index in [9.17, 15) is 0 Å². The van der Waals surface area contributed by atoms with Crippen molar-refractivity contribution in [3.63, 3.8) is 0 Å². The summed E-state index contributed by atoms with van der Waals surface area (Å²) < 4.78 is 0. The Kier molecular flexibility index (Phi) is 5.44. The van der Waals surface area contributed by atoms with Gasteiger partial charge in [-0.3, -0.25) is 9.88 Å². The van der Waals surface area contributed by atoms with Gasteiger partial charge in [-0.25, -0.2) is 6.57 Å². The number of hydrogen-bond acceptors (Lipinski definition) is 2. The first-order valence-corrected chi connectivity index (χ1v) is 9.48. The van der Waals surface area contributed by atoms with E-state index in [1.807, 2.05) is 24.5 Å². The van der Waals surface area contributed by atoms with Crippen molar-refractivity contribution in [3.05, 3.63) is 65.8 Å². The Bertz CT molecular complexity index is 743. The lowest BCUT2D eigenvalue weighted by Gasteiger charge is -2.46. The maximum atomic E-state index is 7.37. The maximum Gasteiger partial charge on any atom is 0.220 e. The molecule has 0 N–H and O–H groups in total. The predicted octanol–water partition coefficient (Wildman–Crippen LogP) is 5.30. The molecule has 0 bridgehead atoms. The molecule has 136 valence electrons. The van der Waals surface area contributed by atoms with E-state index in [-0.39, 0.29) is 10.8 Å². The van der Waals surface area contributed by atoms with Crippen LogP contribution < -0.4 is 0 Å². The Labute approximate surface area is 157 Å². The van der Waals surface area contributed by atoms with E-state index in [1.165, 1.54) is 16.7 Å². The minimum Gasteiger partial charge on any atom is -0.316 e. The molecule has 1 saturated heterocycles. The molecule has 0 atom stereocenters. The molecular weight excluding hydrogens is 318 g/mol. The fraction of sp³-hybridized carbons (Fsp3) is 0.478. The summed E-state index contributed by atoms with van der Waals surface area (Å²) in [4.78, 5) is 10.4. The Balaban J connectivity index is 1.62. The maximum absolute atomic E-state index is 7.37. The standard InChI is InChI=1S/C23H29N3/c1-22(2,3)23(18-24-4)11-15-26(16-12-23)17-19-5-7-20(8-6-19)21-9-13-25-14-10-21/h5-10,13-14H,11-12,15-18H2,1-3H3. The van der Waals surface area contributed by atoms with Crippen molar-refractivity contribution in [1.29, 1.82) is 0 Å². The number of pyridine rings is 1. The molecule has 0 unspecified atom stereocenters. The van der Waals surface area contributed by atoms with Crippen LogP contribution in [0.3, 0.4) is 0 Å². The van der Waals surface area contributed by atoms with Crippen LogP contribution in [0.4, 0.5) is 0 Å². The first kappa shape index (κ1) is 18.6. The predicted molar refractivity (Wildman–Crippen MR) is 108 cm³/mol. The van der Waals surface area contributed by atoms with Gasteiger partial charge in [-0.2, -0.15) is 0 Å². The fourth-order valence-electron chi connectivity index (χ4n) is 4.04. The smallest absolute Gasteiger partial charge is 0.220 e. The fourth-order valence-corrected chi connectivity index (χ4v) is 4.04. The van der Waals surface area contributed by atoms with Crippen LogP contribution in [0.5, 0.6) is 0 Å². The molecule has 0 saturated carbocycles. The zero-order valence-electron chi connectivity index (χ0n) is 16.2. The third kappa shape index (κ3) is 3.97. The summed E-state index contributed by atoms with van der Waals surface area (Å²) in [6.45, 7) is 18.1. The lowest BCUT2D eigenvalue weighted by molar-refractivity contribution is 0.0173. The normalized spacial score (nSPS) is 17.6. The van der Waals surface area contributed by atoms with Gasteiger partial charge in [-0.15, -0.1) is 0 Å². The quantitative estimate of drug-likeness (QED) is 0.700. The molecule has 3 rings (SSSR count). The van der Waals surface area contributed by atoms with E-state index in [0.717, 1.165) is 32.5 Å². The highest BCUT2D eigenvalue weighted by atomic mass is 15.1. The first-order chi connectivity index (χ1) is 12.4. The molecule has 1 aliphatic rings. The third-order valence-corrected chi connectivity index (χ3v) is 6.16. The molecule has 0 radical (unpaired) electrons. The van der Waals surface area contributed by atoms with Crippen LogP contribution >= 0.6 is 0 Å². The third-order valence-electron chi connectivity index (χ3n) is 6.16. The highest BCUT2D eigenvalue weighted by Crippen LogP contribution is 2.47. The Morgan fingerprint density at radius 3 is 2.12 bits per heavy atom. The van der Waals surface area contributed by atoms with Crippen molar-refractivity contribution < 1.29 is 0 Å². The van der Waals surface area contributed by atoms with Crippen molar-refractivity contribution in [2.45, 2.75) is 40.2 Å². The molecule has 0 amide bonds. The largest absolute Gasteiger partial charge is 0.316 e. The topological polar surface area (TPSA) is 20.5 Å². The summed E-state index contributed by atoms with van der Waals surface area (Å²) in [7, 11) is 0. The van der Waals surface area contributed by atoms with Crippen LogP contribution in [0.2, 0.25) is 0 Å². The average Bonchev–Trinajstić information content (AvgIpc) is 2.64. The second-order valence-corrected chi connectivity index (χ2v) is 8.56. The summed E-state index contributed by atoms with van der Waals surface area (Å²) in [5.41, 5.74) is 4.15. The summed E-state index contributed by atoms with van der Waals surface area (Å²) in [5, 5.41) is 0. The molecule has 1 aromatic heterocycles. The van der Waals surface area contributed by atoms with Gasteiger partial charge in [0.15, 0.2) is 0 Å². The molecule has 2 aromatic rings. The first-order valence-electron chi connectivity index (χ1n) is 9.48. The zero-order valence-corrected chi connectivity index (χ0v) is 16.2. The summed E-state index contributed by atoms with van der Waals surface area (Å²) in [6.07, 6.45) is 5.91. The van der Waals surface area contributed by atoms with Gasteiger partial charge in [0, 0.05) is 24.4 Å². The van der Waals surface area contributed by atoms with Crippen LogP contribution in [0.15, 0.2) is 48.8 Å². The summed E-state index contributed by atoms with van der Waals surface area (Å²) in [6, 6.07) is 13.0. The van der Waals surface area contributed by atoms with E-state index >= 15 is 0 Å². The number of aromatic nitrogens is 1. The van der Waals surface area contributed by atoms with E-state index in [4.69, 9.17) is 6.57 Å². The van der Waals surface area contributed by atoms with Crippen LogP contribution in [0.25, 0.3) is 16.0 Å². The molecule has 2 heterocycles. The number of piperidine rings is 1. The zero-order chi connectivity index (χ0) is 18.6. The van der Waals surface area contributed by atoms with Crippen molar-refractivity contribution in [3.8, 4) is 11.1 Å². The Hall–Kier alpha value is -2.18. The molecule has 0 aliphatic carbocycles. The van der Waals surface area contributed by atoms with Gasteiger partial charge in [0.2, 0.25) is 6.54 Å². The van der Waals surface area contributed by atoms with Gasteiger partial charge in [0.1, 0.15) is 0 Å². The minimum absolute atomic E-state index is 0.163. The van der Waals surface area contributed by atoms with E-state index in [2.05, 4.69) is 59.8 Å². The lowest BCUT2D eigenvalue weighted by Crippen LogP contribution is -2.47. The Morgan fingerprint density at radius 2 is 1.58 bits per heavy atom. The highest BCUT2D eigenvalue weighted by Gasteiger charge is 2.46. The van der Waals surface area contributed by atoms with Crippen LogP contribution in [-0.2, 0) is 6.54 Å². The van der Waals surface area contributed by atoms with Crippen LogP contribution in [0.1, 0.15) is 39.2 Å². The van der Waals surface area contributed by atoms with Gasteiger partial charge in [0.25, 0.3) is 0 Å². The van der Waals surface area contributed by atoms with Crippen LogP contribution in [-0.4, -0.2) is 29.5 Å². The summed E-state index contributed by atoms with van der Waals surface area (Å²) in [5.74, 6) is 0. The van der Waals surface area contributed by atoms with Crippen molar-refractivity contribution >= 4 is 0 Å². The lowest BCUT2D eigenvalue weighted by atomic mass is 9.61. The molecule has 0 spiro atoms. The average molecular weight is 348 g/mol. The molecular formula is C23H29N3. The van der Waals surface area contributed by atoms with Gasteiger partial charge in [-0.1, -0.05) is 45.0 Å². The van der Waals surface area contributed by atoms with Crippen molar-refractivity contribution in [1.82, 2.24) is 9.88 Å². The SMILES string of the molecule is [C-]#[N+]CC1(C(C)(C)C)CCN(Cc2ccc(-c3ccncc3)cc2)CC1. The number of likely N-dealkylation sites (tertiary alicyclic amines) is 1. The molecule has 1 aliphatic heterocycles. The van der Waals surface area contributed by atoms with Gasteiger partial charge < -0.3 is 4.85 Å². The monoisotopic (exact) mass is 347 g/mol. The van der Waals surface area contributed by atoms with Gasteiger partial charge >= 0.3 is 0 Å². The van der Waals surface area contributed by atoms with Crippen molar-refractivity contribution in [2.24, 2.45) is 10.8 Å². The number of rotatable bonds is 4. The number of benzene rings is 1. The van der Waals surface area contributed by atoms with Crippen LogP contribution in [0, 0.1) is 17.4 Å². The van der Waals surface area contributed by atoms with Gasteiger partial charge in [-0.05, 0) is 60.2 Å². The van der Waals surface area contributed by atoms with E-state index < -0.39 is 0 Å². The molecule has 3 nitrogen and oxygen atoms in total. The number of hydrogen-bond donors (Lipinski definition) is 0. The highest BCUT2D eigenvalue weighted by molar-refractivity contribution is 5.62. The van der Waals surface area contributed by atoms with E-state index in [0.29, 0.717) is 6.54 Å². The van der Waals surface area contributed by atoms with Gasteiger partial charge in [0.05, 0.1) is 0 Å². The Morgan fingerprint density at radius 1 is 1.00 bits per heavy atom. The minimum atomic E-state index is 0.163. The molecule has 1 aromatic carbocycles. The van der Waals surface area contributed by atoms with Crippen molar-refractivity contribution in [2.75, 3.05) is 19.6 Å². The van der Waals surface area contributed by atoms with E-state index in [1.54, 1.807) is 0 Å². The molecule has 1 fully saturated rings. The number of nitrogens with zero attached hydrogens (tertiary/aromatic N) is 3. The second-order valence-electron chi connectivity index (χ2n) is 8.56. The second kappa shape index (κ2) is 7.60.